The number of aromatic amines is 1. The predicted octanol–water partition coefficient (Wildman–Crippen LogP) is 3.17. The lowest BCUT2D eigenvalue weighted by atomic mass is 10.1. The Bertz CT molecular complexity index is 844. The van der Waals surface area contributed by atoms with Gasteiger partial charge >= 0.3 is 11.9 Å². The van der Waals surface area contributed by atoms with Crippen LogP contribution in [0.1, 0.15) is 45.1 Å². The van der Waals surface area contributed by atoms with Gasteiger partial charge in [0.15, 0.2) is 5.16 Å². The SMILES string of the molecule is CCOC(=O)c1cnc(SCC(=O)Nc2sc(C)c(C)c2C(=O)OCC)[nH]1. The van der Waals surface area contributed by atoms with Crippen LogP contribution >= 0.6 is 23.1 Å². The highest BCUT2D eigenvalue weighted by Gasteiger charge is 2.22. The molecule has 0 aliphatic carbocycles. The molecule has 146 valence electrons. The Morgan fingerprint density at radius 1 is 1.19 bits per heavy atom. The number of carbonyl (C=O) groups excluding carboxylic acids is 3. The summed E-state index contributed by atoms with van der Waals surface area (Å²) in [6.45, 7) is 7.68. The van der Waals surface area contributed by atoms with E-state index in [1.807, 2.05) is 13.8 Å². The van der Waals surface area contributed by atoms with E-state index in [2.05, 4.69) is 15.3 Å². The Hall–Kier alpha value is -2.33. The third kappa shape index (κ3) is 5.33. The van der Waals surface area contributed by atoms with Gasteiger partial charge in [0.25, 0.3) is 0 Å². The van der Waals surface area contributed by atoms with Gasteiger partial charge in [0, 0.05) is 4.88 Å². The number of anilines is 1. The van der Waals surface area contributed by atoms with Crippen LogP contribution in [0.2, 0.25) is 0 Å². The molecule has 2 aromatic rings. The molecule has 0 aromatic carbocycles. The van der Waals surface area contributed by atoms with Crippen molar-refractivity contribution in [1.29, 1.82) is 0 Å². The van der Waals surface area contributed by atoms with Gasteiger partial charge in [-0.2, -0.15) is 0 Å². The summed E-state index contributed by atoms with van der Waals surface area (Å²) in [5, 5.41) is 3.66. The molecule has 0 fully saturated rings. The summed E-state index contributed by atoms with van der Waals surface area (Å²) in [6, 6.07) is 0. The van der Waals surface area contributed by atoms with Crippen molar-refractivity contribution in [3.05, 3.63) is 27.9 Å². The maximum absolute atomic E-state index is 12.3. The van der Waals surface area contributed by atoms with Crippen molar-refractivity contribution in [2.75, 3.05) is 24.3 Å². The number of amides is 1. The molecule has 0 unspecified atom stereocenters. The molecule has 0 aliphatic rings. The highest BCUT2D eigenvalue weighted by atomic mass is 32.2. The first-order valence-corrected chi connectivity index (χ1v) is 10.1. The van der Waals surface area contributed by atoms with Crippen LogP contribution in [0.4, 0.5) is 5.00 Å². The Labute approximate surface area is 165 Å². The minimum absolute atomic E-state index is 0.0635. The van der Waals surface area contributed by atoms with Crippen LogP contribution in [0.25, 0.3) is 0 Å². The van der Waals surface area contributed by atoms with Crippen molar-refractivity contribution in [2.45, 2.75) is 32.9 Å². The van der Waals surface area contributed by atoms with E-state index in [9.17, 15) is 14.4 Å². The number of carbonyl (C=O) groups is 3. The maximum atomic E-state index is 12.3. The van der Waals surface area contributed by atoms with E-state index in [0.717, 1.165) is 22.2 Å². The summed E-state index contributed by atoms with van der Waals surface area (Å²) < 4.78 is 9.94. The number of rotatable bonds is 8. The topological polar surface area (TPSA) is 110 Å². The van der Waals surface area contributed by atoms with Crippen LogP contribution in [0.3, 0.4) is 0 Å². The Kier molecular flexibility index (Phi) is 7.43. The van der Waals surface area contributed by atoms with Gasteiger partial charge in [-0.3, -0.25) is 4.79 Å². The van der Waals surface area contributed by atoms with E-state index in [1.54, 1.807) is 13.8 Å². The number of imidazole rings is 1. The molecule has 2 aromatic heterocycles. The van der Waals surface area contributed by atoms with E-state index in [4.69, 9.17) is 9.47 Å². The van der Waals surface area contributed by atoms with Gasteiger partial charge in [0.05, 0.1) is 30.7 Å². The van der Waals surface area contributed by atoms with Gasteiger partial charge in [0.1, 0.15) is 10.7 Å². The number of nitrogens with zero attached hydrogens (tertiary/aromatic N) is 1. The van der Waals surface area contributed by atoms with Crippen LogP contribution in [0, 0.1) is 13.8 Å². The average Bonchev–Trinajstić information content (AvgIpc) is 3.19. The number of aromatic nitrogens is 2. The molecular weight excluding hydrogens is 390 g/mol. The number of thiophene rings is 1. The summed E-state index contributed by atoms with van der Waals surface area (Å²) in [5.74, 6) is -1.17. The second kappa shape index (κ2) is 9.56. The zero-order valence-electron chi connectivity index (χ0n) is 15.5. The van der Waals surface area contributed by atoms with Crippen molar-refractivity contribution >= 4 is 45.9 Å². The molecule has 0 aliphatic heterocycles. The lowest BCUT2D eigenvalue weighted by Crippen LogP contribution is -2.16. The molecule has 0 spiro atoms. The fourth-order valence-electron chi connectivity index (χ4n) is 2.15. The molecule has 0 saturated heterocycles. The van der Waals surface area contributed by atoms with Gasteiger partial charge in [-0.25, -0.2) is 14.6 Å². The third-order valence-electron chi connectivity index (χ3n) is 3.51. The summed E-state index contributed by atoms with van der Waals surface area (Å²) in [5.41, 5.74) is 1.42. The quantitative estimate of drug-likeness (QED) is 0.507. The Morgan fingerprint density at radius 2 is 1.85 bits per heavy atom. The van der Waals surface area contributed by atoms with E-state index < -0.39 is 11.9 Å². The number of esters is 2. The van der Waals surface area contributed by atoms with Gasteiger partial charge < -0.3 is 19.8 Å². The lowest BCUT2D eigenvalue weighted by Gasteiger charge is -2.06. The third-order valence-corrected chi connectivity index (χ3v) is 5.52. The zero-order chi connectivity index (χ0) is 20.0. The number of ether oxygens (including phenoxy) is 2. The first-order valence-electron chi connectivity index (χ1n) is 8.29. The molecular formula is C17H21N3O5S2. The molecule has 27 heavy (non-hydrogen) atoms. The van der Waals surface area contributed by atoms with E-state index in [0.29, 0.717) is 15.7 Å². The van der Waals surface area contributed by atoms with E-state index in [1.165, 1.54) is 17.5 Å². The summed E-state index contributed by atoms with van der Waals surface area (Å²) in [7, 11) is 0. The number of hydrogen-bond acceptors (Lipinski definition) is 8. The van der Waals surface area contributed by atoms with Crippen LogP contribution in [-0.4, -0.2) is 46.8 Å². The molecule has 2 N–H and O–H groups in total. The molecule has 2 heterocycles. The number of thioether (sulfide) groups is 1. The van der Waals surface area contributed by atoms with Crippen LogP contribution in [0.5, 0.6) is 0 Å². The van der Waals surface area contributed by atoms with Crippen molar-refractivity contribution in [1.82, 2.24) is 9.97 Å². The summed E-state index contributed by atoms with van der Waals surface area (Å²) >= 11 is 2.47. The first-order chi connectivity index (χ1) is 12.9. The number of hydrogen-bond donors (Lipinski definition) is 2. The number of nitrogens with one attached hydrogen (secondary N) is 2. The molecule has 0 saturated carbocycles. The van der Waals surface area contributed by atoms with Gasteiger partial charge in [-0.05, 0) is 33.3 Å². The van der Waals surface area contributed by atoms with Crippen molar-refractivity contribution in [3.8, 4) is 0 Å². The Morgan fingerprint density at radius 3 is 2.52 bits per heavy atom. The molecule has 0 atom stereocenters. The highest BCUT2D eigenvalue weighted by molar-refractivity contribution is 7.99. The standard InChI is InChI=1S/C17H21N3O5S2/c1-5-24-15(22)11-7-18-17(19-11)26-8-12(21)20-14-13(16(23)25-6-2)9(3)10(4)27-14/h7H,5-6,8H2,1-4H3,(H,18,19)(H,20,21). The van der Waals surface area contributed by atoms with Gasteiger partial charge in [0.2, 0.25) is 5.91 Å². The molecule has 2 rings (SSSR count). The second-order valence-electron chi connectivity index (χ2n) is 5.37. The predicted molar refractivity (Wildman–Crippen MR) is 104 cm³/mol. The molecule has 10 heteroatoms. The van der Waals surface area contributed by atoms with Crippen LogP contribution in [0.15, 0.2) is 11.4 Å². The second-order valence-corrected chi connectivity index (χ2v) is 7.56. The summed E-state index contributed by atoms with van der Waals surface area (Å²) in [6.07, 6.45) is 1.36. The smallest absolute Gasteiger partial charge is 0.356 e. The molecule has 1 amide bonds. The summed E-state index contributed by atoms with van der Waals surface area (Å²) in [4.78, 5) is 43.8. The Balaban J connectivity index is 1.99. The van der Waals surface area contributed by atoms with Gasteiger partial charge in [-0.1, -0.05) is 11.8 Å². The monoisotopic (exact) mass is 411 g/mol. The van der Waals surface area contributed by atoms with Gasteiger partial charge in [-0.15, -0.1) is 11.3 Å². The van der Waals surface area contributed by atoms with Crippen LogP contribution < -0.4 is 5.32 Å². The maximum Gasteiger partial charge on any atom is 0.356 e. The fraction of sp³-hybridized carbons (Fsp3) is 0.412. The first kappa shape index (κ1) is 21.0. The van der Waals surface area contributed by atoms with Crippen molar-refractivity contribution in [3.63, 3.8) is 0 Å². The van der Waals surface area contributed by atoms with E-state index >= 15 is 0 Å². The fourth-order valence-corrected chi connectivity index (χ4v) is 3.86. The number of aryl methyl sites for hydroxylation is 1. The largest absolute Gasteiger partial charge is 0.462 e. The average molecular weight is 412 g/mol. The molecule has 8 nitrogen and oxygen atoms in total. The van der Waals surface area contributed by atoms with Crippen LogP contribution in [-0.2, 0) is 14.3 Å². The zero-order valence-corrected chi connectivity index (χ0v) is 17.1. The minimum Gasteiger partial charge on any atom is -0.462 e. The van der Waals surface area contributed by atoms with Crippen molar-refractivity contribution < 1.29 is 23.9 Å². The highest BCUT2D eigenvalue weighted by Crippen LogP contribution is 2.33. The lowest BCUT2D eigenvalue weighted by molar-refractivity contribution is -0.113. The minimum atomic E-state index is -0.495. The molecule has 0 bridgehead atoms. The normalized spacial score (nSPS) is 10.5. The van der Waals surface area contributed by atoms with Crippen molar-refractivity contribution in [2.24, 2.45) is 0 Å². The van der Waals surface area contributed by atoms with E-state index in [-0.39, 0.29) is 30.6 Å². The number of H-pyrrole nitrogens is 1. The molecule has 0 radical (unpaired) electrons.